The SMILES string of the molecule is C=CCc1cc(/C=C2\C(=O)NC(=S)N(c3cccc(Cl)c3Cl)C2=O)ccc1O. The molecule has 8 heteroatoms. The topological polar surface area (TPSA) is 69.6 Å². The molecule has 5 nitrogen and oxygen atoms in total. The van der Waals surface area contributed by atoms with Crippen molar-refractivity contribution in [1.29, 1.82) is 0 Å². The Morgan fingerprint density at radius 3 is 2.68 bits per heavy atom. The average Bonchev–Trinajstić information content (AvgIpc) is 2.64. The Kier molecular flexibility index (Phi) is 5.84. The molecule has 2 aromatic carbocycles. The van der Waals surface area contributed by atoms with Crippen LogP contribution in [0.4, 0.5) is 5.69 Å². The minimum absolute atomic E-state index is 0.0885. The number of allylic oxidation sites excluding steroid dienone is 1. The maximum absolute atomic E-state index is 13.0. The van der Waals surface area contributed by atoms with E-state index in [0.29, 0.717) is 17.5 Å². The second-order valence-electron chi connectivity index (χ2n) is 5.91. The number of nitrogens with one attached hydrogen (secondary N) is 1. The number of carbonyl (C=O) groups excluding carboxylic acids is 2. The van der Waals surface area contributed by atoms with E-state index in [-0.39, 0.29) is 32.2 Å². The molecule has 0 saturated carbocycles. The summed E-state index contributed by atoms with van der Waals surface area (Å²) in [6.07, 6.45) is 3.51. The highest BCUT2D eigenvalue weighted by Crippen LogP contribution is 2.34. The quantitative estimate of drug-likeness (QED) is 0.327. The number of aromatic hydroxyl groups is 1. The lowest BCUT2D eigenvalue weighted by molar-refractivity contribution is -0.122. The van der Waals surface area contributed by atoms with E-state index in [1.807, 2.05) is 0 Å². The molecule has 0 unspecified atom stereocenters. The van der Waals surface area contributed by atoms with Crippen molar-refractivity contribution in [3.63, 3.8) is 0 Å². The monoisotopic (exact) mass is 432 g/mol. The summed E-state index contributed by atoms with van der Waals surface area (Å²) in [6, 6.07) is 9.55. The number of hydrogen-bond donors (Lipinski definition) is 2. The molecule has 0 bridgehead atoms. The fourth-order valence-corrected chi connectivity index (χ4v) is 3.38. The predicted octanol–water partition coefficient (Wildman–Crippen LogP) is 4.26. The zero-order valence-electron chi connectivity index (χ0n) is 14.4. The number of thiocarbonyl (C=S) groups is 1. The van der Waals surface area contributed by atoms with Crippen LogP contribution in [-0.4, -0.2) is 22.0 Å². The molecule has 1 saturated heterocycles. The summed E-state index contributed by atoms with van der Waals surface area (Å²) < 4.78 is 0. The third-order valence-corrected chi connectivity index (χ3v) is 5.15. The summed E-state index contributed by atoms with van der Waals surface area (Å²) in [5, 5.41) is 12.7. The van der Waals surface area contributed by atoms with Gasteiger partial charge in [0.1, 0.15) is 11.3 Å². The summed E-state index contributed by atoms with van der Waals surface area (Å²) in [5.74, 6) is -1.14. The molecular weight excluding hydrogens is 419 g/mol. The van der Waals surface area contributed by atoms with Crippen molar-refractivity contribution in [3.05, 3.63) is 75.8 Å². The molecule has 2 amide bonds. The lowest BCUT2D eigenvalue weighted by Crippen LogP contribution is -2.54. The normalized spacial score (nSPS) is 15.7. The van der Waals surface area contributed by atoms with Gasteiger partial charge in [0.25, 0.3) is 11.8 Å². The molecule has 1 fully saturated rings. The Labute approximate surface area is 176 Å². The molecule has 0 atom stereocenters. The maximum atomic E-state index is 13.0. The van der Waals surface area contributed by atoms with Crippen LogP contribution in [0.25, 0.3) is 6.08 Å². The first kappa shape index (κ1) is 20.1. The Hall–Kier alpha value is -2.67. The highest BCUT2D eigenvalue weighted by molar-refractivity contribution is 7.80. The number of phenols is 1. The van der Waals surface area contributed by atoms with E-state index in [9.17, 15) is 14.7 Å². The molecule has 1 aliphatic rings. The summed E-state index contributed by atoms with van der Waals surface area (Å²) in [7, 11) is 0. The van der Waals surface area contributed by atoms with Gasteiger partial charge in [0.05, 0.1) is 15.7 Å². The fourth-order valence-electron chi connectivity index (χ4n) is 2.72. The molecule has 0 aliphatic carbocycles. The Morgan fingerprint density at radius 2 is 1.96 bits per heavy atom. The summed E-state index contributed by atoms with van der Waals surface area (Å²) in [6.45, 7) is 3.64. The van der Waals surface area contributed by atoms with Crippen LogP contribution < -0.4 is 10.2 Å². The van der Waals surface area contributed by atoms with Gasteiger partial charge in [-0.1, -0.05) is 41.4 Å². The van der Waals surface area contributed by atoms with Crippen LogP contribution in [0.1, 0.15) is 11.1 Å². The van der Waals surface area contributed by atoms with Crippen LogP contribution in [-0.2, 0) is 16.0 Å². The molecule has 2 N–H and O–H groups in total. The molecule has 142 valence electrons. The second kappa shape index (κ2) is 8.14. The molecular formula is C20H14Cl2N2O3S. The smallest absolute Gasteiger partial charge is 0.270 e. The molecule has 3 rings (SSSR count). The van der Waals surface area contributed by atoms with Crippen LogP contribution >= 0.6 is 35.4 Å². The van der Waals surface area contributed by atoms with Gasteiger partial charge in [-0.05, 0) is 60.1 Å². The molecule has 0 radical (unpaired) electrons. The highest BCUT2D eigenvalue weighted by Gasteiger charge is 2.35. The van der Waals surface area contributed by atoms with Gasteiger partial charge in [0.2, 0.25) is 0 Å². The predicted molar refractivity (Wildman–Crippen MR) is 115 cm³/mol. The average molecular weight is 433 g/mol. The van der Waals surface area contributed by atoms with Crippen LogP contribution in [0, 0.1) is 0 Å². The van der Waals surface area contributed by atoms with Gasteiger partial charge in [-0.25, -0.2) is 0 Å². The molecule has 1 aliphatic heterocycles. The number of hydrogen-bond acceptors (Lipinski definition) is 4. The maximum Gasteiger partial charge on any atom is 0.270 e. The zero-order chi connectivity index (χ0) is 20.4. The number of halogens is 2. The van der Waals surface area contributed by atoms with E-state index in [0.717, 1.165) is 4.90 Å². The van der Waals surface area contributed by atoms with Crippen molar-refractivity contribution in [2.24, 2.45) is 0 Å². The van der Waals surface area contributed by atoms with Gasteiger partial charge in [0.15, 0.2) is 5.11 Å². The minimum Gasteiger partial charge on any atom is -0.508 e. The van der Waals surface area contributed by atoms with Crippen LogP contribution in [0.3, 0.4) is 0 Å². The first-order valence-corrected chi connectivity index (χ1v) is 9.28. The lowest BCUT2D eigenvalue weighted by atomic mass is 10.0. The van der Waals surface area contributed by atoms with E-state index in [1.165, 1.54) is 12.1 Å². The second-order valence-corrected chi connectivity index (χ2v) is 7.08. The first-order valence-electron chi connectivity index (χ1n) is 8.11. The Balaban J connectivity index is 2.05. The molecule has 0 spiro atoms. The van der Waals surface area contributed by atoms with Crippen molar-refractivity contribution in [1.82, 2.24) is 5.32 Å². The molecule has 0 aromatic heterocycles. The van der Waals surface area contributed by atoms with Crippen LogP contribution in [0.5, 0.6) is 5.75 Å². The minimum atomic E-state index is -0.628. The van der Waals surface area contributed by atoms with E-state index in [4.69, 9.17) is 35.4 Å². The summed E-state index contributed by atoms with van der Waals surface area (Å²) in [5.41, 5.74) is 1.34. The van der Waals surface area contributed by atoms with E-state index in [1.54, 1.807) is 36.4 Å². The number of rotatable bonds is 4. The number of nitrogens with zero attached hydrogens (tertiary/aromatic N) is 1. The first-order chi connectivity index (χ1) is 13.3. The van der Waals surface area contributed by atoms with Crippen LogP contribution in [0.15, 0.2) is 54.6 Å². The van der Waals surface area contributed by atoms with E-state index >= 15 is 0 Å². The number of anilines is 1. The van der Waals surface area contributed by atoms with Gasteiger partial charge in [-0.2, -0.15) is 0 Å². The van der Waals surface area contributed by atoms with Crippen LogP contribution in [0.2, 0.25) is 10.0 Å². The van der Waals surface area contributed by atoms with Gasteiger partial charge in [-0.3, -0.25) is 19.8 Å². The number of carbonyl (C=O) groups is 2. The van der Waals surface area contributed by atoms with Crippen molar-refractivity contribution >= 4 is 64.1 Å². The van der Waals surface area contributed by atoms with Crippen molar-refractivity contribution in [2.45, 2.75) is 6.42 Å². The molecule has 1 heterocycles. The van der Waals surface area contributed by atoms with E-state index < -0.39 is 11.8 Å². The van der Waals surface area contributed by atoms with Gasteiger partial charge in [-0.15, -0.1) is 6.58 Å². The zero-order valence-corrected chi connectivity index (χ0v) is 16.7. The lowest BCUT2D eigenvalue weighted by Gasteiger charge is -2.29. The Morgan fingerprint density at radius 1 is 1.21 bits per heavy atom. The van der Waals surface area contributed by atoms with Gasteiger partial charge < -0.3 is 5.11 Å². The summed E-state index contributed by atoms with van der Waals surface area (Å²) in [4.78, 5) is 26.5. The van der Waals surface area contributed by atoms with Crippen molar-refractivity contribution < 1.29 is 14.7 Å². The largest absolute Gasteiger partial charge is 0.508 e. The Bertz CT molecular complexity index is 1050. The van der Waals surface area contributed by atoms with Crippen molar-refractivity contribution in [2.75, 3.05) is 4.90 Å². The van der Waals surface area contributed by atoms with Gasteiger partial charge in [0, 0.05) is 0 Å². The molecule has 2 aromatic rings. The van der Waals surface area contributed by atoms with Crippen molar-refractivity contribution in [3.8, 4) is 5.75 Å². The number of phenolic OH excluding ortho intramolecular Hbond substituents is 1. The fraction of sp³-hybridized carbons (Fsp3) is 0.0500. The summed E-state index contributed by atoms with van der Waals surface area (Å²) >= 11 is 17.4. The number of benzene rings is 2. The third kappa shape index (κ3) is 3.80. The number of amides is 2. The molecule has 28 heavy (non-hydrogen) atoms. The third-order valence-electron chi connectivity index (χ3n) is 4.05. The highest BCUT2D eigenvalue weighted by atomic mass is 35.5. The van der Waals surface area contributed by atoms with E-state index in [2.05, 4.69) is 11.9 Å². The van der Waals surface area contributed by atoms with Gasteiger partial charge >= 0.3 is 0 Å². The standard InChI is InChI=1S/C20H14Cl2N2O3S/c1-2-4-12-9-11(7-8-16(12)25)10-13-18(26)23-20(28)24(19(13)27)15-6-3-5-14(21)17(15)22/h2-3,5-10,25H,1,4H2,(H,23,26,28)/b13-10+.